The van der Waals surface area contributed by atoms with Gasteiger partial charge in [0.05, 0.1) is 21.9 Å². The Balaban J connectivity index is 2.08. The van der Waals surface area contributed by atoms with Crippen molar-refractivity contribution in [2.24, 2.45) is 4.99 Å². The third-order valence-corrected chi connectivity index (χ3v) is 6.98. The lowest BCUT2D eigenvalue weighted by Crippen LogP contribution is -2.61. The Morgan fingerprint density at radius 1 is 1.38 bits per heavy atom. The van der Waals surface area contributed by atoms with E-state index < -0.39 is 44.1 Å². The van der Waals surface area contributed by atoms with Gasteiger partial charge in [-0.25, -0.2) is 21.9 Å². The van der Waals surface area contributed by atoms with Gasteiger partial charge in [-0.2, -0.15) is 0 Å². The van der Waals surface area contributed by atoms with Gasteiger partial charge in [-0.15, -0.1) is 4.99 Å². The minimum absolute atomic E-state index is 0.0687. The normalized spacial score (nSPS) is 21.1. The Bertz CT molecular complexity index is 1250. The Labute approximate surface area is 186 Å². The number of nitrogens with zero attached hydrogens (tertiary/aromatic N) is 3. The van der Waals surface area contributed by atoms with Crippen molar-refractivity contribution in [3.8, 4) is 0 Å². The van der Waals surface area contributed by atoms with E-state index in [0.29, 0.717) is 4.31 Å². The minimum Gasteiger partial charge on any atom is -0.463 e. The number of nitro groups is 1. The fourth-order valence-electron chi connectivity index (χ4n) is 3.26. The number of aliphatic imine (C=N–C) groups is 1. The molecule has 1 fully saturated rings. The van der Waals surface area contributed by atoms with Crippen LogP contribution in [0.2, 0.25) is 5.02 Å². The molecule has 1 atom stereocenters. The SMILES string of the molecule is CN1/C(=N/C(=O)O)N[C@](C)(c2cccc(Nc3cc(Cl)ccc3[N+](=O)[O-])c2F)CS1(=O)=O. The molecule has 0 aromatic heterocycles. The molecule has 11 nitrogen and oxygen atoms in total. The standard InChI is InChI=1S/C18H17ClFN5O6S/c1-18(9-32(30,31)24(2)16(23-18)22-17(26)27)11-4-3-5-12(15(11)20)21-13-8-10(19)6-7-14(13)25(28)29/h3-8,21H,9H2,1-2H3,(H,22,23)(H,26,27)/t18-/m0/s1. The maximum absolute atomic E-state index is 15.5. The van der Waals surface area contributed by atoms with E-state index in [4.69, 9.17) is 16.7 Å². The lowest BCUT2D eigenvalue weighted by molar-refractivity contribution is -0.383. The molecular formula is C18H17ClFN5O6S. The number of amides is 1. The van der Waals surface area contributed by atoms with Crippen LogP contribution < -0.4 is 10.6 Å². The first kappa shape index (κ1) is 23.2. The lowest BCUT2D eigenvalue weighted by Gasteiger charge is -2.40. The lowest BCUT2D eigenvalue weighted by atomic mass is 9.92. The highest BCUT2D eigenvalue weighted by molar-refractivity contribution is 7.89. The van der Waals surface area contributed by atoms with Gasteiger partial charge in [0.15, 0.2) is 5.82 Å². The predicted molar refractivity (Wildman–Crippen MR) is 115 cm³/mol. The second-order valence-electron chi connectivity index (χ2n) is 7.11. The maximum Gasteiger partial charge on any atom is 0.434 e. The van der Waals surface area contributed by atoms with Crippen LogP contribution in [0.15, 0.2) is 41.4 Å². The Kier molecular flexibility index (Phi) is 5.98. The second-order valence-corrected chi connectivity index (χ2v) is 9.55. The van der Waals surface area contributed by atoms with Crippen LogP contribution in [-0.2, 0) is 15.6 Å². The molecule has 170 valence electrons. The van der Waals surface area contributed by atoms with Gasteiger partial charge in [0, 0.05) is 23.7 Å². The maximum atomic E-state index is 15.5. The largest absolute Gasteiger partial charge is 0.463 e. The number of hydrogen-bond acceptors (Lipinski definition) is 6. The van der Waals surface area contributed by atoms with Gasteiger partial charge < -0.3 is 15.7 Å². The van der Waals surface area contributed by atoms with E-state index in [2.05, 4.69) is 15.6 Å². The number of anilines is 2. The minimum atomic E-state index is -4.04. The van der Waals surface area contributed by atoms with E-state index >= 15 is 4.39 Å². The molecule has 1 saturated heterocycles. The van der Waals surface area contributed by atoms with Crippen LogP contribution in [0.5, 0.6) is 0 Å². The highest BCUT2D eigenvalue weighted by atomic mass is 35.5. The molecule has 0 spiro atoms. The molecule has 0 bridgehead atoms. The van der Waals surface area contributed by atoms with Crippen LogP contribution in [0.25, 0.3) is 0 Å². The number of guanidine groups is 1. The Hall–Kier alpha value is -3.45. The number of rotatable bonds is 4. The molecule has 1 aliphatic rings. The van der Waals surface area contributed by atoms with E-state index in [1.54, 1.807) is 0 Å². The van der Waals surface area contributed by atoms with Crippen molar-refractivity contribution in [3.05, 3.63) is 62.9 Å². The summed E-state index contributed by atoms with van der Waals surface area (Å²) >= 11 is 5.91. The number of hydrogen-bond donors (Lipinski definition) is 3. The molecular weight excluding hydrogens is 469 g/mol. The third-order valence-electron chi connectivity index (χ3n) is 4.79. The smallest absolute Gasteiger partial charge is 0.434 e. The van der Waals surface area contributed by atoms with Crippen LogP contribution in [0.1, 0.15) is 12.5 Å². The molecule has 2 aromatic carbocycles. The van der Waals surface area contributed by atoms with Gasteiger partial charge in [0.2, 0.25) is 16.0 Å². The summed E-state index contributed by atoms with van der Waals surface area (Å²) in [5.74, 6) is -1.99. The highest BCUT2D eigenvalue weighted by Gasteiger charge is 2.44. The molecule has 0 saturated carbocycles. The summed E-state index contributed by atoms with van der Waals surface area (Å²) in [6.45, 7) is 1.37. The summed E-state index contributed by atoms with van der Waals surface area (Å²) in [5, 5.41) is 25.7. The van der Waals surface area contributed by atoms with E-state index in [1.807, 2.05) is 0 Å². The summed E-state index contributed by atoms with van der Waals surface area (Å²) < 4.78 is 41.3. The van der Waals surface area contributed by atoms with Gasteiger partial charge in [-0.1, -0.05) is 23.7 Å². The zero-order valence-corrected chi connectivity index (χ0v) is 18.2. The number of benzene rings is 2. The summed E-state index contributed by atoms with van der Waals surface area (Å²) in [5.41, 5.74) is -2.31. The van der Waals surface area contributed by atoms with Crippen molar-refractivity contribution in [3.63, 3.8) is 0 Å². The van der Waals surface area contributed by atoms with E-state index in [-0.39, 0.29) is 27.6 Å². The molecule has 3 rings (SSSR count). The Morgan fingerprint density at radius 3 is 2.69 bits per heavy atom. The molecule has 3 N–H and O–H groups in total. The number of sulfonamides is 1. The zero-order chi connectivity index (χ0) is 23.8. The molecule has 0 radical (unpaired) electrons. The van der Waals surface area contributed by atoms with Crippen LogP contribution in [0.4, 0.5) is 26.2 Å². The van der Waals surface area contributed by atoms with Crippen molar-refractivity contribution in [2.75, 3.05) is 18.1 Å². The third kappa shape index (κ3) is 4.43. The van der Waals surface area contributed by atoms with Crippen molar-refractivity contribution in [2.45, 2.75) is 12.5 Å². The summed E-state index contributed by atoms with van der Waals surface area (Å²) in [7, 11) is -2.92. The van der Waals surface area contributed by atoms with E-state index in [1.165, 1.54) is 37.3 Å². The van der Waals surface area contributed by atoms with Crippen LogP contribution in [0.3, 0.4) is 0 Å². The topological polar surface area (TPSA) is 154 Å². The fraction of sp³-hybridized carbons (Fsp3) is 0.222. The van der Waals surface area contributed by atoms with Gasteiger partial charge in [-0.05, 0) is 25.1 Å². The van der Waals surface area contributed by atoms with Crippen molar-refractivity contribution >= 4 is 50.7 Å². The molecule has 14 heteroatoms. The van der Waals surface area contributed by atoms with Crippen molar-refractivity contribution in [1.82, 2.24) is 9.62 Å². The molecule has 0 aliphatic carbocycles. The number of nitro benzene ring substituents is 1. The van der Waals surface area contributed by atoms with Gasteiger partial charge in [0.25, 0.3) is 5.69 Å². The van der Waals surface area contributed by atoms with E-state index in [0.717, 1.165) is 13.1 Å². The average Bonchev–Trinajstić information content (AvgIpc) is 2.66. The molecule has 0 unspecified atom stereocenters. The van der Waals surface area contributed by atoms with E-state index in [9.17, 15) is 23.3 Å². The first-order valence-corrected chi connectivity index (χ1v) is 10.9. The van der Waals surface area contributed by atoms with Gasteiger partial charge in [0.1, 0.15) is 5.69 Å². The van der Waals surface area contributed by atoms with Crippen molar-refractivity contribution in [1.29, 1.82) is 0 Å². The quantitative estimate of drug-likeness (QED) is 0.440. The first-order chi connectivity index (χ1) is 14.8. The number of carboxylic acid groups (broad SMARTS) is 1. The van der Waals surface area contributed by atoms with Crippen LogP contribution in [0, 0.1) is 15.9 Å². The first-order valence-electron chi connectivity index (χ1n) is 8.90. The zero-order valence-electron chi connectivity index (χ0n) is 16.7. The van der Waals surface area contributed by atoms with Crippen LogP contribution >= 0.6 is 11.6 Å². The monoisotopic (exact) mass is 485 g/mol. The Morgan fingerprint density at radius 2 is 2.06 bits per heavy atom. The number of carbonyl (C=O) groups is 1. The number of nitrogens with one attached hydrogen (secondary N) is 2. The molecule has 1 amide bonds. The molecule has 2 aromatic rings. The predicted octanol–water partition coefficient (Wildman–Crippen LogP) is 3.24. The fourth-order valence-corrected chi connectivity index (χ4v) is 4.93. The highest BCUT2D eigenvalue weighted by Crippen LogP contribution is 2.36. The summed E-state index contributed by atoms with van der Waals surface area (Å²) in [6.07, 6.45) is -1.64. The molecule has 1 heterocycles. The van der Waals surface area contributed by atoms with Crippen LogP contribution in [-0.4, -0.2) is 47.6 Å². The van der Waals surface area contributed by atoms with Crippen molar-refractivity contribution < 1.29 is 27.6 Å². The van der Waals surface area contributed by atoms with Gasteiger partial charge >= 0.3 is 6.09 Å². The van der Waals surface area contributed by atoms with Gasteiger partial charge in [-0.3, -0.25) is 10.1 Å². The summed E-state index contributed by atoms with van der Waals surface area (Å²) in [6, 6.07) is 7.77. The molecule has 32 heavy (non-hydrogen) atoms. The average molecular weight is 486 g/mol. The summed E-state index contributed by atoms with van der Waals surface area (Å²) in [4.78, 5) is 24.9. The number of halogens is 2. The molecule has 1 aliphatic heterocycles. The second kappa shape index (κ2) is 8.24.